The lowest BCUT2D eigenvalue weighted by molar-refractivity contribution is -0.133. The maximum absolute atomic E-state index is 14.1. The van der Waals surface area contributed by atoms with Gasteiger partial charge < -0.3 is 4.90 Å². The van der Waals surface area contributed by atoms with Crippen molar-refractivity contribution >= 4 is 28.5 Å². The van der Waals surface area contributed by atoms with Gasteiger partial charge in [0, 0.05) is 54.9 Å². The highest BCUT2D eigenvalue weighted by Crippen LogP contribution is 2.43. The summed E-state index contributed by atoms with van der Waals surface area (Å²) in [6.07, 6.45) is 4.25. The van der Waals surface area contributed by atoms with Crippen molar-refractivity contribution in [2.45, 2.75) is 38.8 Å². The van der Waals surface area contributed by atoms with Gasteiger partial charge in [0.15, 0.2) is 5.65 Å². The topological polar surface area (TPSA) is 54.3 Å². The molecule has 0 radical (unpaired) electrons. The van der Waals surface area contributed by atoms with Crippen molar-refractivity contribution in [1.29, 1.82) is 0 Å². The maximum atomic E-state index is 14.1. The first kappa shape index (κ1) is 20.4. The van der Waals surface area contributed by atoms with Crippen molar-refractivity contribution in [3.63, 3.8) is 0 Å². The van der Waals surface area contributed by atoms with Crippen LogP contribution in [0.2, 0.25) is 5.02 Å². The number of amides is 1. The zero-order valence-electron chi connectivity index (χ0n) is 17.5. The number of pyridine rings is 1. The first-order valence-electron chi connectivity index (χ1n) is 10.8. The molecule has 2 fully saturated rings. The molecule has 1 aliphatic carbocycles. The fourth-order valence-electron chi connectivity index (χ4n) is 4.45. The minimum atomic E-state index is -0.287. The summed E-state index contributed by atoms with van der Waals surface area (Å²) >= 11 is 6.16. The fourth-order valence-corrected chi connectivity index (χ4v) is 4.67. The molecule has 0 spiro atoms. The molecule has 1 saturated carbocycles. The Bertz CT molecular complexity index is 1110. The van der Waals surface area contributed by atoms with Crippen LogP contribution in [-0.4, -0.2) is 56.7 Å². The van der Waals surface area contributed by atoms with Gasteiger partial charge in [0.1, 0.15) is 12.4 Å². The predicted molar refractivity (Wildman–Crippen MR) is 118 cm³/mol. The second-order valence-corrected chi connectivity index (χ2v) is 8.88. The molecular formula is C23H25ClFN5O. The SMILES string of the molecule is Cc1nn(CC(=O)N2CCN(Cc3c(F)cccc3Cl)CC2)c2nccc(C3CC3)c12. The predicted octanol–water partition coefficient (Wildman–Crippen LogP) is 3.75. The average Bonchev–Trinajstić information content (AvgIpc) is 3.56. The summed E-state index contributed by atoms with van der Waals surface area (Å²) < 4.78 is 15.8. The molecule has 1 amide bonds. The van der Waals surface area contributed by atoms with E-state index in [0.717, 1.165) is 16.7 Å². The second-order valence-electron chi connectivity index (χ2n) is 8.47. The van der Waals surface area contributed by atoms with Crippen molar-refractivity contribution in [2.24, 2.45) is 0 Å². The minimum absolute atomic E-state index is 0.0339. The fraction of sp³-hybridized carbons (Fsp3) is 0.435. The number of fused-ring (bicyclic) bond motifs is 1. The molecule has 3 heterocycles. The first-order valence-corrected chi connectivity index (χ1v) is 11.1. The molecular weight excluding hydrogens is 417 g/mol. The molecule has 162 valence electrons. The van der Waals surface area contributed by atoms with Crippen LogP contribution in [0.4, 0.5) is 4.39 Å². The number of halogens is 2. The van der Waals surface area contributed by atoms with E-state index in [-0.39, 0.29) is 18.3 Å². The summed E-state index contributed by atoms with van der Waals surface area (Å²) in [4.78, 5) is 21.5. The summed E-state index contributed by atoms with van der Waals surface area (Å²) in [5, 5.41) is 6.17. The van der Waals surface area contributed by atoms with E-state index in [1.54, 1.807) is 16.8 Å². The lowest BCUT2D eigenvalue weighted by Crippen LogP contribution is -2.49. The third kappa shape index (κ3) is 4.04. The van der Waals surface area contributed by atoms with Gasteiger partial charge in [-0.05, 0) is 49.4 Å². The lowest BCUT2D eigenvalue weighted by Gasteiger charge is -2.35. The van der Waals surface area contributed by atoms with Gasteiger partial charge >= 0.3 is 0 Å². The molecule has 8 heteroatoms. The maximum Gasteiger partial charge on any atom is 0.244 e. The summed E-state index contributed by atoms with van der Waals surface area (Å²) in [6.45, 7) is 5.19. The van der Waals surface area contributed by atoms with E-state index >= 15 is 0 Å². The summed E-state index contributed by atoms with van der Waals surface area (Å²) in [6, 6.07) is 6.84. The number of carbonyl (C=O) groups excluding carboxylic acids is 1. The van der Waals surface area contributed by atoms with Gasteiger partial charge in [0.25, 0.3) is 0 Å². The van der Waals surface area contributed by atoms with Gasteiger partial charge in [0.05, 0.1) is 5.69 Å². The van der Waals surface area contributed by atoms with Crippen LogP contribution in [0.15, 0.2) is 30.5 Å². The molecule has 0 N–H and O–H groups in total. The Hall–Kier alpha value is -2.51. The highest BCUT2D eigenvalue weighted by Gasteiger charge is 2.28. The third-order valence-corrected chi connectivity index (χ3v) is 6.66. The summed E-state index contributed by atoms with van der Waals surface area (Å²) in [7, 11) is 0. The molecule has 1 aromatic carbocycles. The number of aromatic nitrogens is 3. The first-order chi connectivity index (χ1) is 15.0. The number of rotatable bonds is 5. The Morgan fingerprint density at radius 3 is 2.68 bits per heavy atom. The second kappa shape index (κ2) is 8.20. The van der Waals surface area contributed by atoms with Crippen molar-refractivity contribution in [3.8, 4) is 0 Å². The van der Waals surface area contributed by atoms with E-state index in [1.165, 1.54) is 24.5 Å². The number of hydrogen-bond donors (Lipinski definition) is 0. The van der Waals surface area contributed by atoms with Gasteiger partial charge in [0.2, 0.25) is 5.91 Å². The van der Waals surface area contributed by atoms with E-state index in [0.29, 0.717) is 49.2 Å². The van der Waals surface area contributed by atoms with E-state index in [4.69, 9.17) is 11.6 Å². The van der Waals surface area contributed by atoms with Gasteiger partial charge in [-0.3, -0.25) is 9.69 Å². The number of aryl methyl sites for hydroxylation is 1. The number of hydrogen-bond acceptors (Lipinski definition) is 4. The number of carbonyl (C=O) groups is 1. The van der Waals surface area contributed by atoms with Crippen molar-refractivity contribution < 1.29 is 9.18 Å². The van der Waals surface area contributed by atoms with Gasteiger partial charge in [-0.1, -0.05) is 17.7 Å². The molecule has 1 aliphatic heterocycles. The zero-order chi connectivity index (χ0) is 21.5. The van der Waals surface area contributed by atoms with Crippen LogP contribution < -0.4 is 0 Å². The highest BCUT2D eigenvalue weighted by molar-refractivity contribution is 6.31. The molecule has 5 rings (SSSR count). The van der Waals surface area contributed by atoms with Crippen LogP contribution in [0.3, 0.4) is 0 Å². The van der Waals surface area contributed by atoms with E-state index in [1.807, 2.05) is 18.0 Å². The quantitative estimate of drug-likeness (QED) is 0.605. The largest absolute Gasteiger partial charge is 0.339 e. The molecule has 31 heavy (non-hydrogen) atoms. The molecule has 0 bridgehead atoms. The Morgan fingerprint density at radius 1 is 1.19 bits per heavy atom. The number of benzene rings is 1. The standard InChI is InChI=1S/C23H25ClFN5O/c1-15-22-17(16-5-6-16)7-8-26-23(22)30(27-15)14-21(31)29-11-9-28(10-12-29)13-18-19(24)3-2-4-20(18)25/h2-4,7-8,16H,5-6,9-14H2,1H3. The monoisotopic (exact) mass is 441 g/mol. The average molecular weight is 442 g/mol. The molecule has 0 atom stereocenters. The molecule has 3 aromatic rings. The van der Waals surface area contributed by atoms with Crippen molar-refractivity contribution in [2.75, 3.05) is 26.2 Å². The summed E-state index contributed by atoms with van der Waals surface area (Å²) in [5.74, 6) is 0.352. The van der Waals surface area contributed by atoms with Crippen LogP contribution in [0, 0.1) is 12.7 Å². The number of piperazine rings is 1. The van der Waals surface area contributed by atoms with E-state index < -0.39 is 0 Å². The molecule has 6 nitrogen and oxygen atoms in total. The molecule has 1 saturated heterocycles. The van der Waals surface area contributed by atoms with Crippen LogP contribution in [-0.2, 0) is 17.9 Å². The molecule has 0 unspecified atom stereocenters. The Kier molecular flexibility index (Phi) is 5.40. The third-order valence-electron chi connectivity index (χ3n) is 6.31. The van der Waals surface area contributed by atoms with Crippen LogP contribution in [0.1, 0.15) is 35.6 Å². The van der Waals surface area contributed by atoms with Crippen LogP contribution in [0.5, 0.6) is 0 Å². The summed E-state index contributed by atoms with van der Waals surface area (Å²) in [5.41, 5.74) is 3.55. The van der Waals surface area contributed by atoms with E-state index in [2.05, 4.69) is 21.0 Å². The van der Waals surface area contributed by atoms with Crippen molar-refractivity contribution in [3.05, 3.63) is 58.1 Å². The zero-order valence-corrected chi connectivity index (χ0v) is 18.3. The molecule has 2 aliphatic rings. The van der Waals surface area contributed by atoms with Crippen LogP contribution in [0.25, 0.3) is 11.0 Å². The van der Waals surface area contributed by atoms with Crippen LogP contribution >= 0.6 is 11.6 Å². The smallest absolute Gasteiger partial charge is 0.244 e. The Labute approximate surface area is 185 Å². The van der Waals surface area contributed by atoms with Gasteiger partial charge in [-0.25, -0.2) is 14.1 Å². The minimum Gasteiger partial charge on any atom is -0.339 e. The van der Waals surface area contributed by atoms with Crippen molar-refractivity contribution in [1.82, 2.24) is 24.6 Å². The lowest BCUT2D eigenvalue weighted by atomic mass is 10.1. The van der Waals surface area contributed by atoms with E-state index in [9.17, 15) is 9.18 Å². The Morgan fingerprint density at radius 2 is 1.97 bits per heavy atom. The molecule has 2 aromatic heterocycles. The van der Waals surface area contributed by atoms with Gasteiger partial charge in [-0.15, -0.1) is 0 Å². The normalized spacial score (nSPS) is 17.5. The van der Waals surface area contributed by atoms with Gasteiger partial charge in [-0.2, -0.15) is 5.10 Å². The number of nitrogens with zero attached hydrogens (tertiary/aromatic N) is 5. The Balaban J connectivity index is 1.24. The highest BCUT2D eigenvalue weighted by atomic mass is 35.5.